The second kappa shape index (κ2) is 8.17. The molecule has 120 valence electrons. The fourth-order valence-corrected chi connectivity index (χ4v) is 7.40. The van der Waals surface area contributed by atoms with Gasteiger partial charge in [0.2, 0.25) is 0 Å². The van der Waals surface area contributed by atoms with E-state index in [1.165, 1.54) is 6.42 Å². The van der Waals surface area contributed by atoms with Gasteiger partial charge in [-0.15, -0.1) is 0 Å². The van der Waals surface area contributed by atoms with Crippen LogP contribution in [0.25, 0.3) is 0 Å². The molecule has 20 heavy (non-hydrogen) atoms. The van der Waals surface area contributed by atoms with Crippen molar-refractivity contribution in [3.63, 3.8) is 0 Å². The molecule has 1 fully saturated rings. The van der Waals surface area contributed by atoms with Crippen molar-refractivity contribution in [2.24, 2.45) is 11.3 Å². The second-order valence-corrected chi connectivity index (χ2v) is 9.68. The molecule has 2 unspecified atom stereocenters. The van der Waals surface area contributed by atoms with Gasteiger partial charge in [-0.25, -0.2) is 8.42 Å². The Morgan fingerprint density at radius 2 is 1.75 bits per heavy atom. The summed E-state index contributed by atoms with van der Waals surface area (Å²) in [5, 5.41) is 0.724. The Hall–Kier alpha value is 0.430. The van der Waals surface area contributed by atoms with Crippen LogP contribution in [-0.4, -0.2) is 24.8 Å². The maximum absolute atomic E-state index is 12.8. The van der Waals surface area contributed by atoms with E-state index >= 15 is 0 Å². The Balaban J connectivity index is 2.84. The maximum atomic E-state index is 12.8. The van der Waals surface area contributed by atoms with Crippen LogP contribution in [0.2, 0.25) is 0 Å². The van der Waals surface area contributed by atoms with Crippen LogP contribution in [0.4, 0.5) is 0 Å². The lowest BCUT2D eigenvalue weighted by Gasteiger charge is -2.34. The van der Waals surface area contributed by atoms with Crippen molar-refractivity contribution in [3.05, 3.63) is 0 Å². The van der Waals surface area contributed by atoms with E-state index in [2.05, 4.69) is 36.7 Å². The summed E-state index contributed by atoms with van der Waals surface area (Å²) < 4.78 is 25.7. The summed E-state index contributed by atoms with van der Waals surface area (Å²) in [5.74, 6) is 0.948. The van der Waals surface area contributed by atoms with Crippen molar-refractivity contribution in [2.45, 2.75) is 77.4 Å². The predicted molar refractivity (Wildman–Crippen MR) is 91.2 cm³/mol. The van der Waals surface area contributed by atoms with Crippen molar-refractivity contribution < 1.29 is 8.42 Å². The minimum Gasteiger partial charge on any atom is -0.229 e. The van der Waals surface area contributed by atoms with Crippen molar-refractivity contribution in [2.75, 3.05) is 11.1 Å². The molecule has 1 saturated carbocycles. The van der Waals surface area contributed by atoms with Crippen molar-refractivity contribution >= 4 is 25.8 Å². The van der Waals surface area contributed by atoms with Gasteiger partial charge in [0.15, 0.2) is 9.84 Å². The minimum atomic E-state index is -2.96. The summed E-state index contributed by atoms with van der Waals surface area (Å²) in [6.45, 7) is 6.50. The van der Waals surface area contributed by atoms with E-state index in [4.69, 9.17) is 0 Å². The highest BCUT2D eigenvalue weighted by Gasteiger charge is 2.38. The van der Waals surface area contributed by atoms with Gasteiger partial charge in [0.25, 0.3) is 0 Å². The van der Waals surface area contributed by atoms with E-state index in [1.54, 1.807) is 0 Å². The summed E-state index contributed by atoms with van der Waals surface area (Å²) in [6, 6.07) is 0. The van der Waals surface area contributed by atoms with Crippen molar-refractivity contribution in [3.8, 4) is 0 Å². The van der Waals surface area contributed by atoms with Crippen LogP contribution >= 0.6 is 15.9 Å². The molecule has 0 aromatic heterocycles. The zero-order valence-corrected chi connectivity index (χ0v) is 15.7. The van der Waals surface area contributed by atoms with Gasteiger partial charge in [-0.2, -0.15) is 0 Å². The smallest absolute Gasteiger partial charge is 0.153 e. The molecule has 0 heterocycles. The Morgan fingerprint density at radius 1 is 1.15 bits per heavy atom. The number of hydrogen-bond acceptors (Lipinski definition) is 2. The molecule has 2 atom stereocenters. The Morgan fingerprint density at radius 3 is 2.20 bits per heavy atom. The van der Waals surface area contributed by atoms with E-state index < -0.39 is 9.84 Å². The average molecular weight is 367 g/mol. The number of sulfone groups is 1. The van der Waals surface area contributed by atoms with Crippen LogP contribution in [0.3, 0.4) is 0 Å². The van der Waals surface area contributed by atoms with Gasteiger partial charge >= 0.3 is 0 Å². The molecule has 0 saturated heterocycles. The van der Waals surface area contributed by atoms with Gasteiger partial charge in [0, 0.05) is 5.33 Å². The topological polar surface area (TPSA) is 34.1 Å². The van der Waals surface area contributed by atoms with Crippen LogP contribution in [-0.2, 0) is 9.84 Å². The summed E-state index contributed by atoms with van der Waals surface area (Å²) >= 11 is 3.60. The molecule has 1 aliphatic carbocycles. The fourth-order valence-electron chi connectivity index (χ4n) is 3.75. The predicted octanol–water partition coefficient (Wildman–Crippen LogP) is 4.96. The number of alkyl halides is 1. The van der Waals surface area contributed by atoms with Gasteiger partial charge in [0.1, 0.15) is 0 Å². The van der Waals surface area contributed by atoms with E-state index in [-0.39, 0.29) is 10.7 Å². The summed E-state index contributed by atoms with van der Waals surface area (Å²) in [4.78, 5) is 0. The number of rotatable bonds is 8. The summed E-state index contributed by atoms with van der Waals surface area (Å²) in [6.07, 6.45) is 8.15. The molecule has 0 aromatic carbocycles. The Kier molecular flexibility index (Phi) is 7.54. The molecule has 0 aliphatic heterocycles. The second-order valence-electron chi connectivity index (χ2n) is 6.83. The molecule has 0 aromatic rings. The van der Waals surface area contributed by atoms with E-state index in [0.29, 0.717) is 11.7 Å². The molecule has 1 aliphatic rings. The molecule has 0 N–H and O–H groups in total. The van der Waals surface area contributed by atoms with Gasteiger partial charge in [-0.05, 0) is 37.0 Å². The van der Waals surface area contributed by atoms with Crippen LogP contribution in [0, 0.1) is 11.3 Å². The molecule has 0 radical (unpaired) electrons. The molecule has 0 amide bonds. The molecule has 0 spiro atoms. The normalized spacial score (nSPS) is 24.8. The molecule has 0 bridgehead atoms. The molecule has 2 nitrogen and oxygen atoms in total. The lowest BCUT2D eigenvalue weighted by atomic mass is 9.83. The molecular formula is C16H31BrO2S. The zero-order chi connectivity index (χ0) is 15.2. The standard InChI is InChI=1S/C16H31BrO2S/c1-4-9-16(12-17,10-5-2)13-20(18,19)15-8-6-7-14(3)11-15/h14-15H,4-13H2,1-3H3. The van der Waals surface area contributed by atoms with E-state index in [9.17, 15) is 8.42 Å². The van der Waals surface area contributed by atoms with E-state index in [1.807, 2.05) is 0 Å². The zero-order valence-electron chi connectivity index (χ0n) is 13.3. The van der Waals surface area contributed by atoms with Crippen LogP contribution < -0.4 is 0 Å². The first-order valence-electron chi connectivity index (χ1n) is 8.16. The first-order chi connectivity index (χ1) is 9.39. The lowest BCUT2D eigenvalue weighted by molar-refractivity contribution is 0.309. The third kappa shape index (κ3) is 5.01. The first kappa shape index (κ1) is 18.5. The van der Waals surface area contributed by atoms with Gasteiger partial charge in [0.05, 0.1) is 11.0 Å². The van der Waals surface area contributed by atoms with Crippen LogP contribution in [0.1, 0.15) is 72.1 Å². The van der Waals surface area contributed by atoms with Gasteiger partial charge < -0.3 is 0 Å². The minimum absolute atomic E-state index is 0.0526. The maximum Gasteiger partial charge on any atom is 0.153 e. The van der Waals surface area contributed by atoms with Gasteiger partial charge in [-0.1, -0.05) is 62.4 Å². The highest BCUT2D eigenvalue weighted by atomic mass is 79.9. The van der Waals surface area contributed by atoms with Crippen LogP contribution in [0.15, 0.2) is 0 Å². The molecular weight excluding hydrogens is 336 g/mol. The average Bonchev–Trinajstić information content (AvgIpc) is 2.39. The monoisotopic (exact) mass is 366 g/mol. The van der Waals surface area contributed by atoms with Crippen molar-refractivity contribution in [1.82, 2.24) is 0 Å². The number of halogens is 1. The lowest BCUT2D eigenvalue weighted by Crippen LogP contribution is -2.38. The van der Waals surface area contributed by atoms with Gasteiger partial charge in [-0.3, -0.25) is 0 Å². The Bertz CT molecular complexity index is 372. The van der Waals surface area contributed by atoms with E-state index in [0.717, 1.165) is 50.3 Å². The molecule has 1 rings (SSSR count). The number of hydrogen-bond donors (Lipinski definition) is 0. The highest BCUT2D eigenvalue weighted by molar-refractivity contribution is 9.09. The summed E-state index contributed by atoms with van der Waals surface area (Å²) in [5.41, 5.74) is -0.0526. The summed E-state index contributed by atoms with van der Waals surface area (Å²) in [7, 11) is -2.96. The van der Waals surface area contributed by atoms with Crippen molar-refractivity contribution in [1.29, 1.82) is 0 Å². The third-order valence-electron chi connectivity index (χ3n) is 4.75. The first-order valence-corrected chi connectivity index (χ1v) is 11.0. The SMILES string of the molecule is CCCC(CBr)(CCC)CS(=O)(=O)C1CCCC(C)C1. The highest BCUT2D eigenvalue weighted by Crippen LogP contribution is 2.37. The molecule has 4 heteroatoms. The third-order valence-corrected chi connectivity index (χ3v) is 8.40. The Labute approximate surface area is 134 Å². The quantitative estimate of drug-likeness (QED) is 0.568. The largest absolute Gasteiger partial charge is 0.229 e. The fraction of sp³-hybridized carbons (Fsp3) is 1.00. The van der Waals surface area contributed by atoms with Crippen LogP contribution in [0.5, 0.6) is 0 Å².